The topological polar surface area (TPSA) is 79.5 Å². The van der Waals surface area contributed by atoms with E-state index < -0.39 is 0 Å². The van der Waals surface area contributed by atoms with Crippen LogP contribution in [0.3, 0.4) is 0 Å². The second-order valence-electron chi connectivity index (χ2n) is 5.07. The number of carbonyl (C=O) groups excluding carboxylic acids is 1. The number of nitrogens with zero attached hydrogens (tertiary/aromatic N) is 1. The second kappa shape index (κ2) is 5.89. The van der Waals surface area contributed by atoms with Crippen LogP contribution in [0.4, 0.5) is 0 Å². The van der Waals surface area contributed by atoms with Gasteiger partial charge in [0.25, 0.3) is 0 Å². The van der Waals surface area contributed by atoms with E-state index in [2.05, 4.69) is 15.6 Å². The van der Waals surface area contributed by atoms with Gasteiger partial charge in [0.1, 0.15) is 6.54 Å². The van der Waals surface area contributed by atoms with E-state index in [0.29, 0.717) is 17.9 Å². The Morgan fingerprint density at radius 3 is 2.59 bits per heavy atom. The fourth-order valence-corrected chi connectivity index (χ4v) is 2.12. The van der Waals surface area contributed by atoms with Crippen molar-refractivity contribution in [2.75, 3.05) is 13.1 Å². The van der Waals surface area contributed by atoms with Crippen LogP contribution >= 0.6 is 0 Å². The molecule has 17 heavy (non-hydrogen) atoms. The van der Waals surface area contributed by atoms with Crippen LogP contribution in [0.5, 0.6) is 0 Å². The minimum Gasteiger partial charge on any atom is -0.370 e. The number of nitrogens with two attached hydrogens (primary N) is 1. The molecule has 4 N–H and O–H groups in total. The molecule has 0 aromatic carbocycles. The summed E-state index contributed by atoms with van der Waals surface area (Å²) in [5, 5.41) is 6.02. The molecule has 2 aliphatic carbocycles. The zero-order valence-corrected chi connectivity index (χ0v) is 10.2. The number of rotatable bonds is 5. The molecule has 0 aliphatic heterocycles. The van der Waals surface area contributed by atoms with Crippen molar-refractivity contribution in [3.05, 3.63) is 0 Å². The van der Waals surface area contributed by atoms with Gasteiger partial charge in [-0.05, 0) is 31.6 Å². The molecule has 0 atom stereocenters. The number of amides is 1. The van der Waals surface area contributed by atoms with Gasteiger partial charge in [-0.1, -0.05) is 12.8 Å². The molecule has 0 radical (unpaired) electrons. The number of guanidine groups is 1. The summed E-state index contributed by atoms with van der Waals surface area (Å²) in [5.41, 5.74) is 5.73. The highest BCUT2D eigenvalue weighted by atomic mass is 16.1. The zero-order valence-electron chi connectivity index (χ0n) is 10.2. The van der Waals surface area contributed by atoms with E-state index in [1.54, 1.807) is 0 Å². The molecule has 2 aliphatic rings. The third-order valence-corrected chi connectivity index (χ3v) is 3.39. The zero-order chi connectivity index (χ0) is 12.1. The standard InChI is InChI=1S/C12H22N4O/c13-12(16-10-3-1-2-4-10)15-8-11(17)14-7-9-5-6-9/h9-10H,1-8H2,(H,14,17)(H3,13,15,16). The van der Waals surface area contributed by atoms with Gasteiger partial charge in [0.15, 0.2) is 5.96 Å². The van der Waals surface area contributed by atoms with Crippen LogP contribution in [-0.4, -0.2) is 31.0 Å². The van der Waals surface area contributed by atoms with Gasteiger partial charge in [0, 0.05) is 12.6 Å². The predicted octanol–water partition coefficient (Wildman–Crippen LogP) is 0.359. The maximum absolute atomic E-state index is 11.4. The van der Waals surface area contributed by atoms with Gasteiger partial charge in [-0.25, -0.2) is 4.99 Å². The lowest BCUT2D eigenvalue weighted by Gasteiger charge is -2.12. The summed E-state index contributed by atoms with van der Waals surface area (Å²) in [4.78, 5) is 15.5. The third-order valence-electron chi connectivity index (χ3n) is 3.39. The Bertz CT molecular complexity index is 293. The maximum atomic E-state index is 11.4. The molecule has 0 unspecified atom stereocenters. The monoisotopic (exact) mass is 238 g/mol. The molecule has 2 rings (SSSR count). The Labute approximate surface area is 102 Å². The highest BCUT2D eigenvalue weighted by Gasteiger charge is 2.21. The second-order valence-corrected chi connectivity index (χ2v) is 5.07. The summed E-state index contributed by atoms with van der Waals surface area (Å²) < 4.78 is 0. The normalized spacial score (nSPS) is 21.5. The van der Waals surface area contributed by atoms with Gasteiger partial charge >= 0.3 is 0 Å². The van der Waals surface area contributed by atoms with Crippen molar-refractivity contribution in [2.45, 2.75) is 44.6 Å². The minimum absolute atomic E-state index is 0.0342. The summed E-state index contributed by atoms with van der Waals surface area (Å²) in [6, 6.07) is 0.452. The van der Waals surface area contributed by atoms with Crippen LogP contribution in [0, 0.1) is 5.92 Å². The van der Waals surface area contributed by atoms with E-state index in [4.69, 9.17) is 5.73 Å². The Balaban J connectivity index is 1.61. The lowest BCUT2D eigenvalue weighted by atomic mass is 10.2. The molecule has 0 spiro atoms. The first-order chi connectivity index (χ1) is 8.24. The van der Waals surface area contributed by atoms with Gasteiger partial charge in [-0.2, -0.15) is 0 Å². The largest absolute Gasteiger partial charge is 0.370 e. The van der Waals surface area contributed by atoms with Crippen molar-refractivity contribution in [3.63, 3.8) is 0 Å². The van der Waals surface area contributed by atoms with Crippen LogP contribution in [-0.2, 0) is 4.79 Å². The molecule has 2 saturated carbocycles. The van der Waals surface area contributed by atoms with Gasteiger partial charge in [-0.15, -0.1) is 0 Å². The molecule has 0 bridgehead atoms. The Hall–Kier alpha value is -1.26. The van der Waals surface area contributed by atoms with Crippen molar-refractivity contribution >= 4 is 11.9 Å². The molecular formula is C12H22N4O. The number of nitrogens with one attached hydrogen (secondary N) is 2. The summed E-state index contributed by atoms with van der Waals surface area (Å²) in [6.07, 6.45) is 7.32. The van der Waals surface area contributed by atoms with Crippen molar-refractivity contribution < 1.29 is 4.79 Å². The lowest BCUT2D eigenvalue weighted by molar-refractivity contribution is -0.119. The first-order valence-electron chi connectivity index (χ1n) is 6.57. The quantitative estimate of drug-likeness (QED) is 0.478. The first-order valence-corrected chi connectivity index (χ1v) is 6.57. The van der Waals surface area contributed by atoms with E-state index >= 15 is 0 Å². The Kier molecular flexibility index (Phi) is 4.23. The summed E-state index contributed by atoms with van der Waals surface area (Å²) in [5.74, 6) is 1.07. The lowest BCUT2D eigenvalue weighted by Crippen LogP contribution is -2.39. The fraction of sp³-hybridized carbons (Fsp3) is 0.833. The van der Waals surface area contributed by atoms with Gasteiger partial charge in [0.05, 0.1) is 0 Å². The summed E-state index contributed by atoms with van der Waals surface area (Å²) in [6.45, 7) is 0.933. The molecule has 0 heterocycles. The molecule has 0 saturated heterocycles. The summed E-state index contributed by atoms with van der Waals surface area (Å²) in [7, 11) is 0. The smallest absolute Gasteiger partial charge is 0.241 e. The van der Waals surface area contributed by atoms with Gasteiger partial charge < -0.3 is 16.4 Å². The first kappa shape index (κ1) is 12.2. The van der Waals surface area contributed by atoms with Crippen molar-refractivity contribution in [3.8, 4) is 0 Å². The SMILES string of the molecule is NC(=NCC(=O)NCC1CC1)NC1CCCC1. The Morgan fingerprint density at radius 2 is 1.94 bits per heavy atom. The van der Waals surface area contributed by atoms with Gasteiger partial charge in [0.2, 0.25) is 5.91 Å². The highest BCUT2D eigenvalue weighted by molar-refractivity contribution is 5.84. The van der Waals surface area contributed by atoms with E-state index in [1.165, 1.54) is 25.7 Å². The molecule has 96 valence electrons. The van der Waals surface area contributed by atoms with E-state index in [-0.39, 0.29) is 12.5 Å². The molecule has 0 aromatic rings. The van der Waals surface area contributed by atoms with Crippen LogP contribution in [0.1, 0.15) is 38.5 Å². The number of carbonyl (C=O) groups is 1. The maximum Gasteiger partial charge on any atom is 0.241 e. The Morgan fingerprint density at radius 1 is 1.24 bits per heavy atom. The van der Waals surface area contributed by atoms with Crippen LogP contribution < -0.4 is 16.4 Å². The van der Waals surface area contributed by atoms with Crippen LogP contribution in [0.25, 0.3) is 0 Å². The molecule has 5 heteroatoms. The minimum atomic E-state index is -0.0342. The molecule has 5 nitrogen and oxygen atoms in total. The van der Waals surface area contributed by atoms with Crippen molar-refractivity contribution in [2.24, 2.45) is 16.6 Å². The molecule has 1 amide bonds. The summed E-state index contributed by atoms with van der Waals surface area (Å²) >= 11 is 0. The van der Waals surface area contributed by atoms with Gasteiger partial charge in [-0.3, -0.25) is 4.79 Å². The molecule has 2 fully saturated rings. The average molecular weight is 238 g/mol. The highest BCUT2D eigenvalue weighted by Crippen LogP contribution is 2.27. The van der Waals surface area contributed by atoms with Crippen LogP contribution in [0.2, 0.25) is 0 Å². The molecular weight excluding hydrogens is 216 g/mol. The average Bonchev–Trinajstić information content (AvgIpc) is 3.01. The van der Waals surface area contributed by atoms with Crippen molar-refractivity contribution in [1.29, 1.82) is 0 Å². The number of aliphatic imine (C=N–C) groups is 1. The molecule has 0 aromatic heterocycles. The number of hydrogen-bond donors (Lipinski definition) is 3. The number of hydrogen-bond acceptors (Lipinski definition) is 2. The predicted molar refractivity (Wildman–Crippen MR) is 67.6 cm³/mol. The van der Waals surface area contributed by atoms with E-state index in [1.807, 2.05) is 0 Å². The fourth-order valence-electron chi connectivity index (χ4n) is 2.12. The van der Waals surface area contributed by atoms with Crippen LogP contribution in [0.15, 0.2) is 4.99 Å². The van der Waals surface area contributed by atoms with E-state index in [9.17, 15) is 4.79 Å². The van der Waals surface area contributed by atoms with Crippen molar-refractivity contribution in [1.82, 2.24) is 10.6 Å². The third kappa shape index (κ3) is 4.63. The van der Waals surface area contributed by atoms with E-state index in [0.717, 1.165) is 19.4 Å².